The van der Waals surface area contributed by atoms with Crippen LogP contribution in [0.25, 0.3) is 22.5 Å². The number of morpholine rings is 1. The van der Waals surface area contributed by atoms with Gasteiger partial charge in [0, 0.05) is 62.5 Å². The number of piperidine rings is 1. The summed E-state index contributed by atoms with van der Waals surface area (Å²) in [4.78, 5) is 24.5. The third-order valence-corrected chi connectivity index (χ3v) is 8.52. The van der Waals surface area contributed by atoms with E-state index < -0.39 is 0 Å². The number of para-hydroxylation sites is 1. The molecule has 0 saturated carbocycles. The number of rotatable bonds is 8. The first-order valence-corrected chi connectivity index (χ1v) is 15.3. The molecule has 0 unspecified atom stereocenters. The van der Waals surface area contributed by atoms with Crippen molar-refractivity contribution in [2.24, 2.45) is 0 Å². The molecule has 2 aliphatic rings. The second kappa shape index (κ2) is 13.5. The summed E-state index contributed by atoms with van der Waals surface area (Å²) in [6.07, 6.45) is 1.93. The number of benzene rings is 3. The second-order valence-electron chi connectivity index (χ2n) is 11.6. The maximum atomic E-state index is 12.6. The van der Waals surface area contributed by atoms with Crippen molar-refractivity contribution in [3.63, 3.8) is 0 Å². The maximum Gasteiger partial charge on any atom is 0.224 e. The van der Waals surface area contributed by atoms with E-state index in [1.807, 2.05) is 35.2 Å². The van der Waals surface area contributed by atoms with Crippen LogP contribution in [0.2, 0.25) is 0 Å². The lowest BCUT2D eigenvalue weighted by Gasteiger charge is -2.38. The fourth-order valence-electron chi connectivity index (χ4n) is 6.20. The Hall–Kier alpha value is -3.98. The Balaban J connectivity index is 1.15. The molecule has 1 amide bonds. The highest BCUT2D eigenvalue weighted by atomic mass is 16.5. The molecule has 2 fully saturated rings. The molecule has 0 N–H and O–H groups in total. The number of hydrogen-bond donors (Lipinski definition) is 0. The van der Waals surface area contributed by atoms with Crippen molar-refractivity contribution in [2.45, 2.75) is 45.8 Å². The molecule has 2 aliphatic heterocycles. The summed E-state index contributed by atoms with van der Waals surface area (Å²) in [5, 5.41) is 9.17. The van der Waals surface area contributed by atoms with E-state index in [0.29, 0.717) is 6.54 Å². The molecule has 3 aromatic carbocycles. The predicted molar refractivity (Wildman–Crippen MR) is 169 cm³/mol. The van der Waals surface area contributed by atoms with Gasteiger partial charge >= 0.3 is 0 Å². The van der Waals surface area contributed by atoms with Crippen molar-refractivity contribution in [2.75, 3.05) is 44.3 Å². The number of carbonyl (C=O) groups is 1. The minimum atomic E-state index is 0.116. The van der Waals surface area contributed by atoms with Gasteiger partial charge in [0.2, 0.25) is 5.91 Å². The number of anilines is 1. The monoisotopic (exact) mass is 576 g/mol. The van der Waals surface area contributed by atoms with E-state index in [4.69, 9.17) is 9.72 Å². The molecule has 8 heteroatoms. The van der Waals surface area contributed by atoms with Crippen LogP contribution in [0.1, 0.15) is 36.7 Å². The summed E-state index contributed by atoms with van der Waals surface area (Å²) in [5.41, 5.74) is 7.14. The Morgan fingerprint density at radius 2 is 1.44 bits per heavy atom. The van der Waals surface area contributed by atoms with Crippen molar-refractivity contribution in [3.05, 3.63) is 95.8 Å². The molecule has 0 bridgehead atoms. The number of ether oxygens (including phenoxy) is 1. The molecule has 8 nitrogen and oxygen atoms in total. The average Bonchev–Trinajstić information content (AvgIpc) is 3.04. The Kier molecular flexibility index (Phi) is 9.17. The van der Waals surface area contributed by atoms with Gasteiger partial charge in [-0.1, -0.05) is 72.8 Å². The van der Waals surface area contributed by atoms with E-state index in [1.54, 1.807) is 6.92 Å². The maximum absolute atomic E-state index is 12.6. The first-order chi connectivity index (χ1) is 21.0. The molecular formula is C35H40N6O2. The fraction of sp³-hybridized carbons (Fsp3) is 0.371. The van der Waals surface area contributed by atoms with Crippen LogP contribution < -0.4 is 4.90 Å². The molecule has 4 aromatic rings. The van der Waals surface area contributed by atoms with Crippen LogP contribution >= 0.6 is 0 Å². The van der Waals surface area contributed by atoms with Gasteiger partial charge in [-0.15, -0.1) is 10.2 Å². The average molecular weight is 577 g/mol. The van der Waals surface area contributed by atoms with Crippen LogP contribution in [0.15, 0.2) is 78.9 Å². The quantitative estimate of drug-likeness (QED) is 0.279. The van der Waals surface area contributed by atoms with Gasteiger partial charge in [0.1, 0.15) is 11.4 Å². The zero-order chi connectivity index (χ0) is 29.6. The summed E-state index contributed by atoms with van der Waals surface area (Å²) in [7, 11) is 0. The Morgan fingerprint density at radius 3 is 2.14 bits per heavy atom. The molecule has 0 spiro atoms. The molecule has 0 aliphatic carbocycles. The van der Waals surface area contributed by atoms with E-state index in [-0.39, 0.29) is 11.9 Å². The van der Waals surface area contributed by atoms with Crippen molar-refractivity contribution in [1.82, 2.24) is 25.0 Å². The topological polar surface area (TPSA) is 74.7 Å². The van der Waals surface area contributed by atoms with Crippen LogP contribution in [0, 0.1) is 6.92 Å². The summed E-state index contributed by atoms with van der Waals surface area (Å²) in [6.45, 7) is 10.5. The van der Waals surface area contributed by atoms with Gasteiger partial charge in [0.15, 0.2) is 5.82 Å². The lowest BCUT2D eigenvalue weighted by molar-refractivity contribution is -0.117. The highest BCUT2D eigenvalue weighted by molar-refractivity contribution is 5.93. The Labute approximate surface area is 254 Å². The van der Waals surface area contributed by atoms with Gasteiger partial charge in [0.25, 0.3) is 0 Å². The van der Waals surface area contributed by atoms with Crippen molar-refractivity contribution < 1.29 is 9.53 Å². The van der Waals surface area contributed by atoms with E-state index in [9.17, 15) is 4.79 Å². The summed E-state index contributed by atoms with van der Waals surface area (Å²) in [6, 6.07) is 27.3. The first-order valence-electron chi connectivity index (χ1n) is 15.3. The van der Waals surface area contributed by atoms with E-state index in [0.717, 1.165) is 98.4 Å². The van der Waals surface area contributed by atoms with Gasteiger partial charge < -0.3 is 9.64 Å². The number of hydrogen-bond acceptors (Lipinski definition) is 7. The molecule has 3 heterocycles. The third-order valence-electron chi connectivity index (χ3n) is 8.52. The highest BCUT2D eigenvalue weighted by Gasteiger charge is 2.28. The van der Waals surface area contributed by atoms with E-state index in [1.165, 1.54) is 5.56 Å². The van der Waals surface area contributed by atoms with Gasteiger partial charge in [0.05, 0.1) is 19.8 Å². The standard InChI is InChI=1S/C35H40N6O2/c1-26-8-6-7-11-32(26)41(27(2)42)31-16-18-39(19-17-31)24-28-12-14-30(15-13-28)34-35(29-9-4-3-5-10-29)38-37-33(36-34)25-40-20-22-43-23-21-40/h3-15,31H,16-25H2,1-2H3. The molecular weight excluding hydrogens is 536 g/mol. The first kappa shape index (κ1) is 29.1. The number of carbonyl (C=O) groups excluding carboxylic acids is 1. The zero-order valence-corrected chi connectivity index (χ0v) is 25.2. The highest BCUT2D eigenvalue weighted by Crippen LogP contribution is 2.30. The van der Waals surface area contributed by atoms with E-state index in [2.05, 4.69) is 75.5 Å². The van der Waals surface area contributed by atoms with Crippen LogP contribution in [-0.4, -0.2) is 76.3 Å². The minimum Gasteiger partial charge on any atom is -0.379 e. The second-order valence-corrected chi connectivity index (χ2v) is 11.6. The van der Waals surface area contributed by atoms with Crippen LogP contribution in [0.4, 0.5) is 5.69 Å². The van der Waals surface area contributed by atoms with Gasteiger partial charge in [-0.3, -0.25) is 14.6 Å². The molecule has 222 valence electrons. The van der Waals surface area contributed by atoms with Gasteiger partial charge in [-0.25, -0.2) is 4.98 Å². The third kappa shape index (κ3) is 6.99. The van der Waals surface area contributed by atoms with Crippen LogP contribution in [0.3, 0.4) is 0 Å². The smallest absolute Gasteiger partial charge is 0.224 e. The van der Waals surface area contributed by atoms with Crippen LogP contribution in [0.5, 0.6) is 0 Å². The predicted octanol–water partition coefficient (Wildman–Crippen LogP) is 5.36. The van der Waals surface area contributed by atoms with Crippen molar-refractivity contribution in [3.8, 4) is 22.5 Å². The number of nitrogens with zero attached hydrogens (tertiary/aromatic N) is 6. The number of aryl methyl sites for hydroxylation is 1. The Bertz CT molecular complexity index is 1510. The summed E-state index contributed by atoms with van der Waals surface area (Å²) >= 11 is 0. The number of amides is 1. The number of likely N-dealkylation sites (tertiary alicyclic amines) is 1. The number of aromatic nitrogens is 3. The van der Waals surface area contributed by atoms with Gasteiger partial charge in [-0.05, 0) is 37.0 Å². The summed E-state index contributed by atoms with van der Waals surface area (Å²) < 4.78 is 5.50. The summed E-state index contributed by atoms with van der Waals surface area (Å²) in [5.74, 6) is 0.847. The normalized spacial score (nSPS) is 16.7. The molecule has 2 saturated heterocycles. The lowest BCUT2D eigenvalue weighted by atomic mass is 9.99. The minimum absolute atomic E-state index is 0.116. The lowest BCUT2D eigenvalue weighted by Crippen LogP contribution is -2.47. The SMILES string of the molecule is CC(=O)N(c1ccccc1C)C1CCN(Cc2ccc(-c3nc(CN4CCOCC4)nnc3-c3ccccc3)cc2)CC1. The van der Waals surface area contributed by atoms with Crippen LogP contribution in [-0.2, 0) is 22.6 Å². The molecule has 0 radical (unpaired) electrons. The van der Waals surface area contributed by atoms with E-state index >= 15 is 0 Å². The zero-order valence-electron chi connectivity index (χ0n) is 25.2. The van der Waals surface area contributed by atoms with Crippen molar-refractivity contribution >= 4 is 11.6 Å². The Morgan fingerprint density at radius 1 is 0.791 bits per heavy atom. The van der Waals surface area contributed by atoms with Gasteiger partial charge in [-0.2, -0.15) is 0 Å². The molecule has 43 heavy (non-hydrogen) atoms. The fourth-order valence-corrected chi connectivity index (χ4v) is 6.20. The largest absolute Gasteiger partial charge is 0.379 e. The van der Waals surface area contributed by atoms with Crippen molar-refractivity contribution in [1.29, 1.82) is 0 Å². The molecule has 1 aromatic heterocycles. The molecule has 0 atom stereocenters. The molecule has 6 rings (SSSR count).